The summed E-state index contributed by atoms with van der Waals surface area (Å²) in [5, 5.41) is 12.5. The van der Waals surface area contributed by atoms with Gasteiger partial charge in [-0.05, 0) is 56.4 Å². The van der Waals surface area contributed by atoms with Crippen molar-refractivity contribution in [2.75, 3.05) is 5.32 Å². The summed E-state index contributed by atoms with van der Waals surface area (Å²) in [6.07, 6.45) is 7.15. The molecule has 0 unspecified atom stereocenters. The minimum atomic E-state index is -0.607. The predicted octanol–water partition coefficient (Wildman–Crippen LogP) is 3.14. The van der Waals surface area contributed by atoms with E-state index in [0.29, 0.717) is 6.42 Å². The molecule has 0 spiro atoms. The summed E-state index contributed by atoms with van der Waals surface area (Å²) in [7, 11) is 0. The molecule has 1 aromatic carbocycles. The molecule has 0 saturated carbocycles. The Morgan fingerprint density at radius 2 is 2.16 bits per heavy atom. The Balaban J connectivity index is 1.99. The molecular formula is C16H21NO2. The molecular weight excluding hydrogens is 238 g/mol. The van der Waals surface area contributed by atoms with Crippen molar-refractivity contribution in [3.63, 3.8) is 0 Å². The average Bonchev–Trinajstić information content (AvgIpc) is 2.33. The van der Waals surface area contributed by atoms with E-state index >= 15 is 0 Å². The van der Waals surface area contributed by atoms with Gasteiger partial charge in [-0.25, -0.2) is 0 Å². The summed E-state index contributed by atoms with van der Waals surface area (Å²) >= 11 is 0. The molecule has 0 fully saturated rings. The van der Waals surface area contributed by atoms with Crippen LogP contribution in [0, 0.1) is 0 Å². The van der Waals surface area contributed by atoms with Crippen LogP contribution in [-0.4, -0.2) is 16.6 Å². The first kappa shape index (κ1) is 13.8. The molecule has 0 aliphatic carbocycles. The van der Waals surface area contributed by atoms with Crippen molar-refractivity contribution in [2.45, 2.75) is 45.1 Å². The van der Waals surface area contributed by atoms with Crippen LogP contribution in [0.4, 0.5) is 5.69 Å². The van der Waals surface area contributed by atoms with E-state index in [1.54, 1.807) is 0 Å². The zero-order valence-corrected chi connectivity index (χ0v) is 11.6. The molecule has 0 bridgehead atoms. The van der Waals surface area contributed by atoms with Gasteiger partial charge < -0.3 is 10.4 Å². The van der Waals surface area contributed by atoms with E-state index < -0.39 is 5.60 Å². The number of anilines is 1. The first-order chi connectivity index (χ1) is 8.94. The Morgan fingerprint density at radius 3 is 2.89 bits per heavy atom. The minimum Gasteiger partial charge on any atom is -0.390 e. The number of amides is 1. The highest BCUT2D eigenvalue weighted by Gasteiger charge is 2.14. The lowest BCUT2D eigenvalue weighted by Gasteiger charge is -2.17. The van der Waals surface area contributed by atoms with Crippen LogP contribution >= 0.6 is 0 Å². The number of aliphatic hydroxyl groups is 1. The van der Waals surface area contributed by atoms with Crippen LogP contribution in [0.25, 0.3) is 6.08 Å². The predicted molar refractivity (Wildman–Crippen MR) is 78.0 cm³/mol. The second-order valence-electron chi connectivity index (χ2n) is 5.72. The number of carbonyl (C=O) groups is 1. The van der Waals surface area contributed by atoms with Gasteiger partial charge in [0, 0.05) is 12.1 Å². The van der Waals surface area contributed by atoms with Crippen LogP contribution in [0.1, 0.15) is 44.2 Å². The molecule has 2 rings (SSSR count). The van der Waals surface area contributed by atoms with Gasteiger partial charge >= 0.3 is 0 Å². The highest BCUT2D eigenvalue weighted by molar-refractivity contribution is 5.94. The molecule has 0 saturated heterocycles. The Bertz CT molecular complexity index is 498. The molecule has 3 nitrogen and oxygen atoms in total. The van der Waals surface area contributed by atoms with Crippen molar-refractivity contribution < 1.29 is 9.90 Å². The lowest BCUT2D eigenvalue weighted by Crippen LogP contribution is -2.18. The quantitative estimate of drug-likeness (QED) is 0.872. The third-order valence-corrected chi connectivity index (χ3v) is 3.26. The Morgan fingerprint density at radius 1 is 1.37 bits per heavy atom. The van der Waals surface area contributed by atoms with Crippen molar-refractivity contribution in [2.24, 2.45) is 0 Å². The van der Waals surface area contributed by atoms with E-state index in [1.165, 1.54) is 5.56 Å². The summed E-state index contributed by atoms with van der Waals surface area (Å²) in [6.45, 7) is 3.64. The molecule has 1 amide bonds. The smallest absolute Gasteiger partial charge is 0.224 e. The fourth-order valence-corrected chi connectivity index (χ4v) is 2.16. The number of aryl methyl sites for hydroxylation is 1. The first-order valence-electron chi connectivity index (χ1n) is 6.76. The van der Waals surface area contributed by atoms with Crippen molar-refractivity contribution >= 4 is 17.7 Å². The molecule has 2 N–H and O–H groups in total. The van der Waals surface area contributed by atoms with Gasteiger partial charge in [0.2, 0.25) is 5.91 Å². The van der Waals surface area contributed by atoms with E-state index in [4.69, 9.17) is 0 Å². The first-order valence-corrected chi connectivity index (χ1v) is 6.76. The number of fused-ring (bicyclic) bond motifs is 1. The monoisotopic (exact) mass is 259 g/mol. The Kier molecular flexibility index (Phi) is 4.05. The highest BCUT2D eigenvalue weighted by Crippen LogP contribution is 2.24. The molecule has 1 heterocycles. The maximum atomic E-state index is 11.3. The van der Waals surface area contributed by atoms with Gasteiger partial charge in [-0.3, -0.25) is 4.79 Å². The number of hydrogen-bond acceptors (Lipinski definition) is 2. The normalized spacial score (nSPS) is 15.4. The lowest BCUT2D eigenvalue weighted by molar-refractivity contribution is -0.116. The number of allylic oxidation sites excluding steroid dienone is 1. The van der Waals surface area contributed by atoms with Crippen LogP contribution in [0.5, 0.6) is 0 Å². The van der Waals surface area contributed by atoms with E-state index in [1.807, 2.05) is 26.0 Å². The molecule has 19 heavy (non-hydrogen) atoms. The molecule has 0 atom stereocenters. The highest BCUT2D eigenvalue weighted by atomic mass is 16.3. The van der Waals surface area contributed by atoms with Gasteiger partial charge in [0.05, 0.1) is 5.60 Å². The molecule has 0 aromatic heterocycles. The van der Waals surface area contributed by atoms with Crippen molar-refractivity contribution in [3.8, 4) is 0 Å². The van der Waals surface area contributed by atoms with Crippen LogP contribution < -0.4 is 5.32 Å². The summed E-state index contributed by atoms with van der Waals surface area (Å²) < 4.78 is 0. The number of benzene rings is 1. The molecule has 1 aromatic rings. The second kappa shape index (κ2) is 5.57. The SMILES string of the molecule is CC(C)(O)CC/C=C/c1ccc2c(c1)CCC(=O)N2. The summed E-state index contributed by atoms with van der Waals surface area (Å²) in [6, 6.07) is 6.09. The van der Waals surface area contributed by atoms with Crippen LogP contribution in [-0.2, 0) is 11.2 Å². The Labute approximate surface area is 114 Å². The third kappa shape index (κ3) is 4.21. The standard InChI is InChI=1S/C16H21NO2/c1-16(2,19)10-4-3-5-12-6-8-14-13(11-12)7-9-15(18)17-14/h3,5-6,8,11,19H,4,7,9-10H2,1-2H3,(H,17,18)/b5-3+. The molecule has 102 valence electrons. The van der Waals surface area contributed by atoms with E-state index in [2.05, 4.69) is 23.5 Å². The Hall–Kier alpha value is -1.61. The molecule has 0 radical (unpaired) electrons. The van der Waals surface area contributed by atoms with Crippen molar-refractivity contribution in [1.82, 2.24) is 0 Å². The van der Waals surface area contributed by atoms with E-state index in [9.17, 15) is 9.90 Å². The van der Waals surface area contributed by atoms with Crippen LogP contribution in [0.2, 0.25) is 0 Å². The van der Waals surface area contributed by atoms with Gasteiger partial charge in [-0.1, -0.05) is 18.2 Å². The number of rotatable bonds is 4. The largest absolute Gasteiger partial charge is 0.390 e. The third-order valence-electron chi connectivity index (χ3n) is 3.26. The van der Waals surface area contributed by atoms with Crippen LogP contribution in [0.15, 0.2) is 24.3 Å². The van der Waals surface area contributed by atoms with Crippen molar-refractivity contribution in [1.29, 1.82) is 0 Å². The fraction of sp³-hybridized carbons (Fsp3) is 0.438. The lowest BCUT2D eigenvalue weighted by atomic mass is 9.99. The molecule has 1 aliphatic heterocycles. The topological polar surface area (TPSA) is 49.3 Å². The zero-order valence-electron chi connectivity index (χ0n) is 11.6. The zero-order chi connectivity index (χ0) is 13.9. The van der Waals surface area contributed by atoms with Crippen LogP contribution in [0.3, 0.4) is 0 Å². The van der Waals surface area contributed by atoms with Gasteiger partial charge in [-0.2, -0.15) is 0 Å². The van der Waals surface area contributed by atoms with E-state index in [-0.39, 0.29) is 5.91 Å². The van der Waals surface area contributed by atoms with Gasteiger partial charge in [0.1, 0.15) is 0 Å². The molecule has 3 heteroatoms. The summed E-state index contributed by atoms with van der Waals surface area (Å²) in [4.78, 5) is 11.3. The van der Waals surface area contributed by atoms with Gasteiger partial charge in [0.25, 0.3) is 0 Å². The van der Waals surface area contributed by atoms with E-state index in [0.717, 1.165) is 30.5 Å². The minimum absolute atomic E-state index is 0.0981. The average molecular weight is 259 g/mol. The van der Waals surface area contributed by atoms with Gasteiger partial charge in [0.15, 0.2) is 0 Å². The maximum absolute atomic E-state index is 11.3. The molecule has 1 aliphatic rings. The number of hydrogen-bond donors (Lipinski definition) is 2. The summed E-state index contributed by atoms with van der Waals surface area (Å²) in [5.41, 5.74) is 2.67. The van der Waals surface area contributed by atoms with Gasteiger partial charge in [-0.15, -0.1) is 0 Å². The summed E-state index contributed by atoms with van der Waals surface area (Å²) in [5.74, 6) is 0.0981. The number of carbonyl (C=O) groups excluding carboxylic acids is 1. The maximum Gasteiger partial charge on any atom is 0.224 e. The number of nitrogens with one attached hydrogen (secondary N) is 1. The fourth-order valence-electron chi connectivity index (χ4n) is 2.16. The van der Waals surface area contributed by atoms with Crippen molar-refractivity contribution in [3.05, 3.63) is 35.4 Å². The second-order valence-corrected chi connectivity index (χ2v) is 5.72.